The van der Waals surface area contributed by atoms with Gasteiger partial charge in [-0.2, -0.15) is 0 Å². The molecule has 0 aliphatic heterocycles. The second kappa shape index (κ2) is 13.2. The molecule has 5 nitrogen and oxygen atoms in total. The van der Waals surface area contributed by atoms with Crippen molar-refractivity contribution in [1.29, 1.82) is 0 Å². The van der Waals surface area contributed by atoms with Gasteiger partial charge in [0.15, 0.2) is 0 Å². The Labute approximate surface area is 164 Å². The summed E-state index contributed by atoms with van der Waals surface area (Å²) in [5, 5.41) is 0.197. The Balaban J connectivity index is 3.94. The van der Waals surface area contributed by atoms with Crippen molar-refractivity contribution in [3.05, 3.63) is 0 Å². The zero-order valence-corrected chi connectivity index (χ0v) is 20.7. The van der Waals surface area contributed by atoms with Gasteiger partial charge in [-0.3, -0.25) is 4.79 Å². The average Bonchev–Trinajstić information content (AvgIpc) is 2.57. The topological polar surface area (TPSA) is 54.0 Å². The molecule has 0 heterocycles. The van der Waals surface area contributed by atoms with Crippen LogP contribution in [0.5, 0.6) is 0 Å². The van der Waals surface area contributed by atoms with Crippen LogP contribution in [0, 0.1) is 0 Å². The smallest absolute Gasteiger partial charge is 0.326 e. The molecule has 0 spiro atoms. The Morgan fingerprint density at radius 2 is 0.962 bits per heavy atom. The van der Waals surface area contributed by atoms with E-state index < -0.39 is 18.6 Å². The van der Waals surface area contributed by atoms with Crippen molar-refractivity contribution in [3.63, 3.8) is 0 Å². The van der Waals surface area contributed by atoms with Gasteiger partial charge < -0.3 is 17.7 Å². The van der Waals surface area contributed by atoms with Gasteiger partial charge in [-0.1, -0.05) is 40.5 Å². The lowest BCUT2D eigenvalue weighted by molar-refractivity contribution is -0.119. The molecular weight excluding hydrogens is 364 g/mol. The maximum atomic E-state index is 12.1. The molecule has 156 valence electrons. The van der Waals surface area contributed by atoms with Crippen LogP contribution in [-0.2, 0) is 22.5 Å². The number of Topliss-reactive ketones (excluding diaryl/α,β-unsaturated/α-hetero) is 1. The Morgan fingerprint density at radius 3 is 1.23 bits per heavy atom. The van der Waals surface area contributed by atoms with Crippen LogP contribution in [0.4, 0.5) is 0 Å². The van der Waals surface area contributed by atoms with Gasteiger partial charge in [-0.15, -0.1) is 0 Å². The molecule has 0 aromatic heterocycles. The normalized spacial score (nSPS) is 13.0. The van der Waals surface area contributed by atoms with Gasteiger partial charge in [0.1, 0.15) is 5.78 Å². The van der Waals surface area contributed by atoms with Crippen molar-refractivity contribution in [2.45, 2.75) is 89.1 Å². The molecule has 0 aliphatic carbocycles. The van der Waals surface area contributed by atoms with Gasteiger partial charge >= 0.3 is 18.6 Å². The molecule has 0 N–H and O–H groups in total. The van der Waals surface area contributed by atoms with Crippen molar-refractivity contribution in [2.75, 3.05) is 28.4 Å². The Kier molecular flexibility index (Phi) is 13.1. The summed E-state index contributed by atoms with van der Waals surface area (Å²) >= 11 is 0. The van der Waals surface area contributed by atoms with Gasteiger partial charge in [0.05, 0.1) is 0 Å². The first-order valence-corrected chi connectivity index (χ1v) is 12.8. The number of carbonyl (C=O) groups is 1. The van der Waals surface area contributed by atoms with Crippen LogP contribution in [0.2, 0.25) is 10.1 Å². The van der Waals surface area contributed by atoms with Crippen molar-refractivity contribution in [2.24, 2.45) is 0 Å². The van der Waals surface area contributed by atoms with Crippen LogP contribution in [0.15, 0.2) is 0 Å². The third kappa shape index (κ3) is 9.76. The molecule has 7 heteroatoms. The van der Waals surface area contributed by atoms with E-state index in [0.717, 1.165) is 38.5 Å². The van der Waals surface area contributed by atoms with E-state index in [2.05, 4.69) is 27.7 Å². The van der Waals surface area contributed by atoms with E-state index >= 15 is 0 Å². The summed E-state index contributed by atoms with van der Waals surface area (Å²) in [6, 6.07) is 0. The Hall–Kier alpha value is -0.0562. The van der Waals surface area contributed by atoms with E-state index in [1.54, 1.807) is 28.4 Å². The molecule has 0 aliphatic rings. The molecule has 0 bridgehead atoms. The number of hydrogen-bond acceptors (Lipinski definition) is 5. The molecule has 0 aromatic rings. The molecule has 26 heavy (non-hydrogen) atoms. The van der Waals surface area contributed by atoms with E-state index in [1.165, 1.54) is 0 Å². The van der Waals surface area contributed by atoms with Crippen molar-refractivity contribution >= 4 is 24.4 Å². The van der Waals surface area contributed by atoms with Crippen molar-refractivity contribution in [1.82, 2.24) is 0 Å². The minimum absolute atomic E-state index is 0.0985. The second-order valence-corrected chi connectivity index (χ2v) is 14.9. The molecule has 0 saturated carbocycles. The highest BCUT2D eigenvalue weighted by molar-refractivity contribution is 6.48. The molecule has 0 fully saturated rings. The molecule has 0 unspecified atom stereocenters. The quantitative estimate of drug-likeness (QED) is 0.283. The summed E-state index contributed by atoms with van der Waals surface area (Å²) in [5.74, 6) is 0.389. The first kappa shape index (κ1) is 25.9. The lowest BCUT2D eigenvalue weighted by Crippen LogP contribution is -2.32. The van der Waals surface area contributed by atoms with Crippen molar-refractivity contribution in [3.8, 4) is 0 Å². The summed E-state index contributed by atoms with van der Waals surface area (Å²) in [7, 11) is 3.68. The second-order valence-electron chi connectivity index (χ2n) is 8.54. The maximum absolute atomic E-state index is 12.1. The molecule has 0 aromatic carbocycles. The van der Waals surface area contributed by atoms with Crippen LogP contribution in [-0.4, -0.2) is 52.8 Å². The summed E-state index contributed by atoms with van der Waals surface area (Å²) < 4.78 is 22.0. The monoisotopic (exact) mass is 406 g/mol. The number of hydrogen-bond donors (Lipinski definition) is 0. The Bertz CT molecular complexity index is 346. The standard InChI is InChI=1S/C19H42O5Si2/c1-18(2,25(21-5)22-6)15-11-9-13-17(20)14-10-12-16-19(3,4)26(23-7)24-8/h25-26H,9-16H2,1-8H3. The highest BCUT2D eigenvalue weighted by atomic mass is 28.3. The molecule has 0 saturated heterocycles. The Morgan fingerprint density at radius 1 is 0.654 bits per heavy atom. The lowest BCUT2D eigenvalue weighted by Gasteiger charge is -2.30. The lowest BCUT2D eigenvalue weighted by atomic mass is 10.00. The fourth-order valence-electron chi connectivity index (χ4n) is 3.63. The summed E-state index contributed by atoms with van der Waals surface area (Å²) in [6.45, 7) is 8.82. The molecule has 0 amide bonds. The predicted molar refractivity (Wildman–Crippen MR) is 112 cm³/mol. The number of carbonyl (C=O) groups excluding carboxylic acids is 1. The zero-order valence-electron chi connectivity index (χ0n) is 18.4. The van der Waals surface area contributed by atoms with Crippen LogP contribution >= 0.6 is 0 Å². The van der Waals surface area contributed by atoms with Crippen LogP contribution < -0.4 is 0 Å². The molecular formula is C19H42O5Si2. The van der Waals surface area contributed by atoms with Crippen LogP contribution in [0.3, 0.4) is 0 Å². The largest absolute Gasteiger partial charge is 0.400 e. The number of rotatable bonds is 16. The first-order valence-electron chi connectivity index (χ1n) is 9.77. The highest BCUT2D eigenvalue weighted by Crippen LogP contribution is 2.36. The number of unbranched alkanes of at least 4 members (excludes halogenated alkanes) is 2. The van der Waals surface area contributed by atoms with E-state index in [0.29, 0.717) is 18.6 Å². The summed E-state index contributed by atoms with van der Waals surface area (Å²) in [5.41, 5.74) is 0. The summed E-state index contributed by atoms with van der Waals surface area (Å²) in [4.78, 5) is 12.1. The predicted octanol–water partition coefficient (Wildman–Crippen LogP) is 4.26. The van der Waals surface area contributed by atoms with Gasteiger partial charge in [0.25, 0.3) is 0 Å². The number of ketones is 1. The molecule has 0 rings (SSSR count). The average molecular weight is 407 g/mol. The van der Waals surface area contributed by atoms with Gasteiger partial charge in [0, 0.05) is 51.4 Å². The maximum Gasteiger partial charge on any atom is 0.326 e. The van der Waals surface area contributed by atoms with E-state index in [9.17, 15) is 4.79 Å². The third-order valence-corrected chi connectivity index (χ3v) is 10.0. The zero-order chi connectivity index (χ0) is 20.2. The van der Waals surface area contributed by atoms with Crippen LogP contribution in [0.25, 0.3) is 0 Å². The van der Waals surface area contributed by atoms with E-state index in [1.807, 2.05) is 0 Å². The highest BCUT2D eigenvalue weighted by Gasteiger charge is 2.33. The molecule has 0 radical (unpaired) electrons. The third-order valence-electron chi connectivity index (χ3n) is 5.19. The van der Waals surface area contributed by atoms with Gasteiger partial charge in [0.2, 0.25) is 0 Å². The SMILES string of the molecule is CO[SiH](OC)C(C)(C)CCCCC(=O)CCCCC(C)(C)[SiH](OC)OC. The fraction of sp³-hybridized carbons (Fsp3) is 0.947. The van der Waals surface area contributed by atoms with E-state index in [4.69, 9.17) is 17.7 Å². The molecule has 0 atom stereocenters. The fourth-order valence-corrected chi connectivity index (χ4v) is 7.45. The minimum atomic E-state index is -1.62. The van der Waals surface area contributed by atoms with Gasteiger partial charge in [-0.05, 0) is 25.7 Å². The first-order chi connectivity index (χ1) is 12.1. The minimum Gasteiger partial charge on any atom is -0.400 e. The van der Waals surface area contributed by atoms with Gasteiger partial charge in [-0.25, -0.2) is 0 Å². The van der Waals surface area contributed by atoms with Crippen molar-refractivity contribution < 1.29 is 22.5 Å². The van der Waals surface area contributed by atoms with Crippen LogP contribution in [0.1, 0.15) is 79.1 Å². The summed E-state index contributed by atoms with van der Waals surface area (Å²) in [6.07, 6.45) is 7.52. The van der Waals surface area contributed by atoms with E-state index in [-0.39, 0.29) is 10.1 Å².